The average molecular weight is 370 g/mol. The van der Waals surface area contributed by atoms with E-state index in [1.54, 1.807) is 0 Å². The van der Waals surface area contributed by atoms with Gasteiger partial charge in [-0.2, -0.15) is 0 Å². The van der Waals surface area contributed by atoms with E-state index < -0.39 is 0 Å². The minimum absolute atomic E-state index is 0. The molecule has 1 rings (SSSR count). The fourth-order valence-electron chi connectivity index (χ4n) is 5.07. The van der Waals surface area contributed by atoms with Crippen LogP contribution >= 0.6 is 0 Å². The molecule has 2 nitrogen and oxygen atoms in total. The van der Waals surface area contributed by atoms with E-state index in [9.17, 15) is 0 Å². The van der Waals surface area contributed by atoms with E-state index in [1.807, 2.05) is 0 Å². The van der Waals surface area contributed by atoms with Gasteiger partial charge in [-0.3, -0.25) is 0 Å². The number of hydrogen-bond acceptors (Lipinski definition) is 1. The van der Waals surface area contributed by atoms with Gasteiger partial charge in [0.15, 0.2) is 0 Å². The summed E-state index contributed by atoms with van der Waals surface area (Å²) in [6, 6.07) is 0.999. The first-order valence-corrected chi connectivity index (χ1v) is 12.1. The van der Waals surface area contributed by atoms with Crippen LogP contribution in [0, 0.1) is 0 Å². The Morgan fingerprint density at radius 3 is 1.27 bits per heavy atom. The molecule has 0 radical (unpaired) electrons. The highest BCUT2D eigenvalue weighted by Crippen LogP contribution is 2.31. The molecule has 0 bridgehead atoms. The highest BCUT2D eigenvalue weighted by molar-refractivity contribution is 4.69. The van der Waals surface area contributed by atoms with Gasteiger partial charge < -0.3 is 9.96 Å². The van der Waals surface area contributed by atoms with Gasteiger partial charge in [-0.25, -0.2) is 0 Å². The lowest BCUT2D eigenvalue weighted by atomic mass is 9.90. The minimum Gasteiger partial charge on any atom is -0.870 e. The third-order valence-corrected chi connectivity index (χ3v) is 6.72. The molecule has 0 heterocycles. The molecule has 1 aliphatic carbocycles. The van der Waals surface area contributed by atoms with E-state index >= 15 is 0 Å². The summed E-state index contributed by atoms with van der Waals surface area (Å²) in [7, 11) is 0. The Morgan fingerprint density at radius 2 is 0.923 bits per heavy atom. The molecule has 0 aliphatic heterocycles. The summed E-state index contributed by atoms with van der Waals surface area (Å²) in [5.41, 5.74) is 0. The number of nitrogens with zero attached hydrogens (tertiary/aromatic N) is 1. The van der Waals surface area contributed by atoms with Gasteiger partial charge in [0.2, 0.25) is 0 Å². The van der Waals surface area contributed by atoms with Crippen LogP contribution in [-0.2, 0) is 0 Å². The van der Waals surface area contributed by atoms with E-state index in [1.165, 1.54) is 133 Å². The molecular formula is C24H51NO. The maximum Gasteiger partial charge on any atom is 0.0890 e. The van der Waals surface area contributed by atoms with Crippen molar-refractivity contribution in [2.24, 2.45) is 0 Å². The smallest absolute Gasteiger partial charge is 0.0890 e. The Hall–Kier alpha value is -0.0800. The number of quaternary nitrogens is 1. The van der Waals surface area contributed by atoms with Crippen molar-refractivity contribution in [3.05, 3.63) is 0 Å². The summed E-state index contributed by atoms with van der Waals surface area (Å²) in [5, 5.41) is 0. The first kappa shape index (κ1) is 25.9. The van der Waals surface area contributed by atoms with Crippen molar-refractivity contribution in [1.82, 2.24) is 0 Å². The summed E-state index contributed by atoms with van der Waals surface area (Å²) in [6.45, 7) is 11.5. The Labute approximate surface area is 166 Å². The maximum absolute atomic E-state index is 2.35. The Kier molecular flexibility index (Phi) is 17.0. The summed E-state index contributed by atoms with van der Waals surface area (Å²) < 4.78 is 1.51. The molecule has 0 aromatic heterocycles. The summed E-state index contributed by atoms with van der Waals surface area (Å²) >= 11 is 0. The average Bonchev–Trinajstić information content (AvgIpc) is 2.66. The van der Waals surface area contributed by atoms with E-state index in [0.29, 0.717) is 0 Å². The molecule has 0 spiro atoms. The third-order valence-electron chi connectivity index (χ3n) is 6.72. The predicted molar refractivity (Wildman–Crippen MR) is 116 cm³/mol. The molecular weight excluding hydrogens is 318 g/mol. The topological polar surface area (TPSA) is 30.0 Å². The maximum atomic E-state index is 2.35. The largest absolute Gasteiger partial charge is 0.870 e. The van der Waals surface area contributed by atoms with Crippen molar-refractivity contribution >= 4 is 0 Å². The van der Waals surface area contributed by atoms with Gasteiger partial charge in [0.1, 0.15) is 0 Å². The van der Waals surface area contributed by atoms with Crippen LogP contribution in [0.3, 0.4) is 0 Å². The molecule has 0 saturated heterocycles. The summed E-state index contributed by atoms with van der Waals surface area (Å²) in [6.07, 6.45) is 24.8. The molecule has 1 aliphatic rings. The predicted octanol–water partition coefficient (Wildman–Crippen LogP) is 7.70. The third kappa shape index (κ3) is 10.3. The van der Waals surface area contributed by atoms with Crippen LogP contribution in [0.5, 0.6) is 0 Å². The van der Waals surface area contributed by atoms with E-state index in [4.69, 9.17) is 0 Å². The molecule has 1 saturated carbocycles. The first-order valence-electron chi connectivity index (χ1n) is 12.1. The van der Waals surface area contributed by atoms with Crippen LogP contribution in [0.25, 0.3) is 0 Å². The summed E-state index contributed by atoms with van der Waals surface area (Å²) in [5.74, 6) is 0. The van der Waals surface area contributed by atoms with Gasteiger partial charge in [0.25, 0.3) is 0 Å². The van der Waals surface area contributed by atoms with Crippen molar-refractivity contribution in [2.75, 3.05) is 19.6 Å². The van der Waals surface area contributed by atoms with Crippen LogP contribution < -0.4 is 0 Å². The van der Waals surface area contributed by atoms with E-state index in [-0.39, 0.29) is 5.48 Å². The highest BCUT2D eigenvalue weighted by atomic mass is 16.0. The van der Waals surface area contributed by atoms with Gasteiger partial charge >= 0.3 is 0 Å². The number of unbranched alkanes of at least 4 members (excludes halogenated alkanes) is 9. The van der Waals surface area contributed by atoms with Crippen LogP contribution in [0.1, 0.15) is 130 Å². The fraction of sp³-hybridized carbons (Fsp3) is 1.00. The van der Waals surface area contributed by atoms with Crippen molar-refractivity contribution < 1.29 is 9.96 Å². The minimum atomic E-state index is 0. The second-order valence-corrected chi connectivity index (χ2v) is 8.86. The zero-order valence-electron chi connectivity index (χ0n) is 18.6. The van der Waals surface area contributed by atoms with Gasteiger partial charge in [-0.05, 0) is 64.2 Å². The Bertz CT molecular complexity index is 255. The van der Waals surface area contributed by atoms with Crippen LogP contribution in [0.15, 0.2) is 0 Å². The number of hydrogen-bond donors (Lipinski definition) is 0. The lowest BCUT2D eigenvalue weighted by molar-refractivity contribution is -0.953. The van der Waals surface area contributed by atoms with Gasteiger partial charge in [-0.1, -0.05) is 65.7 Å². The van der Waals surface area contributed by atoms with Crippen molar-refractivity contribution in [3.8, 4) is 0 Å². The quantitative estimate of drug-likeness (QED) is 0.202. The SMILES string of the molecule is CCCCCC[N+](CCCCCC)(CCCCCC)C1CCCCC1.[OH-]. The zero-order chi connectivity index (χ0) is 18.2. The normalized spacial score (nSPS) is 15.8. The molecule has 26 heavy (non-hydrogen) atoms. The standard InChI is InChI=1S/C24H50N.H2O/c1-4-7-10-16-21-25(22-17-11-8-5-2,23-18-12-9-6-3)24-19-14-13-15-20-24;/h24H,4-23H2,1-3H3;1H2/q+1;/p-1. The van der Waals surface area contributed by atoms with E-state index in [2.05, 4.69) is 20.8 Å². The molecule has 0 aromatic carbocycles. The second kappa shape index (κ2) is 17.0. The highest BCUT2D eigenvalue weighted by Gasteiger charge is 2.36. The zero-order valence-corrected chi connectivity index (χ0v) is 18.6. The molecule has 2 heteroatoms. The van der Waals surface area contributed by atoms with Crippen LogP contribution in [0.2, 0.25) is 0 Å². The monoisotopic (exact) mass is 369 g/mol. The van der Waals surface area contributed by atoms with Gasteiger partial charge in [-0.15, -0.1) is 0 Å². The Morgan fingerprint density at radius 1 is 0.538 bits per heavy atom. The van der Waals surface area contributed by atoms with Crippen molar-refractivity contribution in [1.29, 1.82) is 0 Å². The lowest BCUT2D eigenvalue weighted by Crippen LogP contribution is -2.57. The summed E-state index contributed by atoms with van der Waals surface area (Å²) in [4.78, 5) is 0. The Balaban J connectivity index is 0.00000625. The molecule has 0 aromatic rings. The van der Waals surface area contributed by atoms with E-state index in [0.717, 1.165) is 6.04 Å². The molecule has 1 N–H and O–H groups in total. The molecule has 1 fully saturated rings. The fourth-order valence-corrected chi connectivity index (χ4v) is 5.07. The molecule has 158 valence electrons. The molecule has 0 unspecified atom stereocenters. The second-order valence-electron chi connectivity index (χ2n) is 8.86. The van der Waals surface area contributed by atoms with Gasteiger partial charge in [0.05, 0.1) is 25.7 Å². The van der Waals surface area contributed by atoms with Gasteiger partial charge in [0, 0.05) is 0 Å². The molecule has 0 amide bonds. The van der Waals surface area contributed by atoms with Crippen LogP contribution in [0.4, 0.5) is 0 Å². The first-order chi connectivity index (χ1) is 12.3. The lowest BCUT2D eigenvalue weighted by Gasteiger charge is -2.47. The number of rotatable bonds is 16. The van der Waals surface area contributed by atoms with Crippen molar-refractivity contribution in [2.45, 2.75) is 136 Å². The van der Waals surface area contributed by atoms with Crippen molar-refractivity contribution in [3.63, 3.8) is 0 Å². The van der Waals surface area contributed by atoms with Crippen LogP contribution in [-0.4, -0.2) is 35.6 Å². The molecule has 0 atom stereocenters.